The highest BCUT2D eigenvalue weighted by atomic mass is 32.2. The Hall–Kier alpha value is -0.350. The molecule has 1 aliphatic carbocycles. The van der Waals surface area contributed by atoms with Crippen LogP contribution in [-0.4, -0.2) is 21.3 Å². The molecule has 0 saturated heterocycles. The van der Waals surface area contributed by atoms with Crippen molar-refractivity contribution < 1.29 is 12.6 Å². The van der Waals surface area contributed by atoms with E-state index in [1.165, 1.54) is 0 Å². The molecule has 3 nitrogen and oxygen atoms in total. The lowest BCUT2D eigenvalue weighted by Crippen LogP contribution is -2.14. The van der Waals surface area contributed by atoms with Crippen molar-refractivity contribution in [1.29, 1.82) is 0 Å². The van der Waals surface area contributed by atoms with Crippen molar-refractivity contribution in [3.05, 3.63) is 12.2 Å². The van der Waals surface area contributed by atoms with Crippen LogP contribution in [0.25, 0.3) is 0 Å². The van der Waals surface area contributed by atoms with Crippen molar-refractivity contribution in [1.82, 2.24) is 0 Å². The second kappa shape index (κ2) is 4.05. The predicted molar refractivity (Wildman–Crippen MR) is 47.3 cm³/mol. The average molecular weight is 190 g/mol. The Morgan fingerprint density at radius 3 is 2.75 bits per heavy atom. The summed E-state index contributed by atoms with van der Waals surface area (Å²) < 4.78 is 26.0. The maximum Gasteiger partial charge on any atom is 0.264 e. The Morgan fingerprint density at radius 2 is 2.25 bits per heavy atom. The zero-order chi connectivity index (χ0) is 9.03. The van der Waals surface area contributed by atoms with Crippen molar-refractivity contribution in [2.24, 2.45) is 5.92 Å². The molecular weight excluding hydrogens is 176 g/mol. The van der Waals surface area contributed by atoms with Crippen molar-refractivity contribution in [3.8, 4) is 0 Å². The van der Waals surface area contributed by atoms with Crippen LogP contribution in [0.3, 0.4) is 0 Å². The Bertz CT molecular complexity index is 253. The summed E-state index contributed by atoms with van der Waals surface area (Å²) in [5, 5.41) is 0. The van der Waals surface area contributed by atoms with E-state index in [0.29, 0.717) is 12.5 Å². The van der Waals surface area contributed by atoms with Crippen molar-refractivity contribution in [2.75, 3.05) is 12.9 Å². The molecule has 0 aromatic rings. The zero-order valence-electron chi connectivity index (χ0n) is 7.19. The smallest absolute Gasteiger partial charge is 0.264 e. The topological polar surface area (TPSA) is 43.4 Å². The molecule has 70 valence electrons. The number of rotatable bonds is 3. The van der Waals surface area contributed by atoms with Crippen LogP contribution in [-0.2, 0) is 14.3 Å². The summed E-state index contributed by atoms with van der Waals surface area (Å²) in [5.74, 6) is 0.379. The Morgan fingerprint density at radius 1 is 1.50 bits per heavy atom. The highest BCUT2D eigenvalue weighted by Gasteiger charge is 2.12. The van der Waals surface area contributed by atoms with Gasteiger partial charge in [0.25, 0.3) is 10.1 Å². The summed E-state index contributed by atoms with van der Waals surface area (Å²) in [7, 11) is -3.25. The molecule has 0 spiro atoms. The number of hydrogen-bond donors (Lipinski definition) is 0. The largest absolute Gasteiger partial charge is 0.270 e. The van der Waals surface area contributed by atoms with Crippen LogP contribution in [0.4, 0.5) is 0 Å². The van der Waals surface area contributed by atoms with E-state index in [-0.39, 0.29) is 0 Å². The first-order chi connectivity index (χ1) is 5.58. The summed E-state index contributed by atoms with van der Waals surface area (Å²) >= 11 is 0. The first-order valence-electron chi connectivity index (χ1n) is 4.07. The van der Waals surface area contributed by atoms with E-state index in [9.17, 15) is 8.42 Å². The molecule has 1 atom stereocenters. The molecule has 0 aliphatic heterocycles. The lowest BCUT2D eigenvalue weighted by atomic mass is 9.96. The molecule has 12 heavy (non-hydrogen) atoms. The van der Waals surface area contributed by atoms with E-state index in [1.807, 2.05) is 0 Å². The molecule has 0 N–H and O–H groups in total. The molecule has 0 aromatic heterocycles. The van der Waals surface area contributed by atoms with E-state index >= 15 is 0 Å². The molecule has 0 heterocycles. The van der Waals surface area contributed by atoms with Gasteiger partial charge in [0.15, 0.2) is 0 Å². The Balaban J connectivity index is 2.28. The van der Waals surface area contributed by atoms with Crippen LogP contribution in [0, 0.1) is 5.92 Å². The molecule has 4 heteroatoms. The fourth-order valence-electron chi connectivity index (χ4n) is 1.23. The molecule has 0 fully saturated rings. The van der Waals surface area contributed by atoms with Gasteiger partial charge in [0.1, 0.15) is 0 Å². The predicted octanol–water partition coefficient (Wildman–Crippen LogP) is 1.32. The van der Waals surface area contributed by atoms with E-state index in [0.717, 1.165) is 25.5 Å². The summed E-state index contributed by atoms with van der Waals surface area (Å²) in [6, 6.07) is 0. The van der Waals surface area contributed by atoms with Crippen molar-refractivity contribution in [3.63, 3.8) is 0 Å². The lowest BCUT2D eigenvalue weighted by molar-refractivity contribution is 0.246. The standard InChI is InChI=1S/C8H14O3S/c1-12(9,10)11-7-8-5-3-2-4-6-8/h2-3,8H,4-7H2,1H3/t8-/m0/s1. The summed E-state index contributed by atoms with van der Waals surface area (Å²) in [6.07, 6.45) is 8.31. The highest BCUT2D eigenvalue weighted by Crippen LogP contribution is 2.18. The third kappa shape index (κ3) is 3.88. The second-order valence-corrected chi connectivity index (χ2v) is 4.78. The molecule has 0 unspecified atom stereocenters. The van der Waals surface area contributed by atoms with Crippen LogP contribution in [0.1, 0.15) is 19.3 Å². The van der Waals surface area contributed by atoms with Gasteiger partial charge < -0.3 is 0 Å². The van der Waals surface area contributed by atoms with Gasteiger partial charge in [-0.05, 0) is 25.2 Å². The van der Waals surface area contributed by atoms with Crippen LogP contribution >= 0.6 is 0 Å². The van der Waals surface area contributed by atoms with Gasteiger partial charge in [-0.2, -0.15) is 8.42 Å². The third-order valence-electron chi connectivity index (χ3n) is 1.90. The number of allylic oxidation sites excluding steroid dienone is 2. The van der Waals surface area contributed by atoms with Gasteiger partial charge >= 0.3 is 0 Å². The molecular formula is C8H14O3S. The quantitative estimate of drug-likeness (QED) is 0.498. The fraction of sp³-hybridized carbons (Fsp3) is 0.750. The molecule has 1 aliphatic rings. The fourth-order valence-corrected chi connectivity index (χ4v) is 1.67. The lowest BCUT2D eigenvalue weighted by Gasteiger charge is -2.16. The minimum atomic E-state index is -3.25. The van der Waals surface area contributed by atoms with Crippen LogP contribution in [0.5, 0.6) is 0 Å². The van der Waals surface area contributed by atoms with E-state index in [1.54, 1.807) is 0 Å². The van der Waals surface area contributed by atoms with Gasteiger partial charge in [-0.15, -0.1) is 0 Å². The van der Waals surface area contributed by atoms with Gasteiger partial charge in [0.2, 0.25) is 0 Å². The zero-order valence-corrected chi connectivity index (χ0v) is 8.01. The van der Waals surface area contributed by atoms with Gasteiger partial charge in [-0.1, -0.05) is 12.2 Å². The van der Waals surface area contributed by atoms with Crippen LogP contribution in [0.15, 0.2) is 12.2 Å². The normalized spacial score (nSPS) is 24.2. The van der Waals surface area contributed by atoms with E-state index in [4.69, 9.17) is 4.18 Å². The SMILES string of the molecule is CS(=O)(=O)OC[C@H]1CC=CCC1. The molecule has 0 radical (unpaired) electrons. The van der Waals surface area contributed by atoms with Crippen molar-refractivity contribution >= 4 is 10.1 Å². The highest BCUT2D eigenvalue weighted by molar-refractivity contribution is 7.85. The monoisotopic (exact) mass is 190 g/mol. The van der Waals surface area contributed by atoms with Crippen LogP contribution in [0.2, 0.25) is 0 Å². The Kier molecular flexibility index (Phi) is 3.29. The van der Waals surface area contributed by atoms with Gasteiger partial charge in [0.05, 0.1) is 12.9 Å². The van der Waals surface area contributed by atoms with E-state index in [2.05, 4.69) is 12.2 Å². The summed E-state index contributed by atoms with van der Waals surface area (Å²) in [6.45, 7) is 0.336. The maximum absolute atomic E-state index is 10.6. The maximum atomic E-state index is 10.6. The molecule has 0 saturated carbocycles. The van der Waals surface area contributed by atoms with E-state index < -0.39 is 10.1 Å². The average Bonchev–Trinajstić information content (AvgIpc) is 2.02. The Labute approximate surface area is 73.5 Å². The first-order valence-corrected chi connectivity index (χ1v) is 5.89. The molecule has 0 aromatic carbocycles. The number of hydrogen-bond acceptors (Lipinski definition) is 3. The van der Waals surface area contributed by atoms with Gasteiger partial charge in [-0.25, -0.2) is 0 Å². The van der Waals surface area contributed by atoms with Gasteiger partial charge in [0, 0.05) is 0 Å². The second-order valence-electron chi connectivity index (χ2n) is 3.14. The summed E-state index contributed by atoms with van der Waals surface area (Å²) in [5.41, 5.74) is 0. The summed E-state index contributed by atoms with van der Waals surface area (Å²) in [4.78, 5) is 0. The molecule has 0 bridgehead atoms. The third-order valence-corrected chi connectivity index (χ3v) is 2.46. The van der Waals surface area contributed by atoms with Crippen LogP contribution < -0.4 is 0 Å². The van der Waals surface area contributed by atoms with Crippen molar-refractivity contribution in [2.45, 2.75) is 19.3 Å². The minimum absolute atomic E-state index is 0.336. The molecule has 1 rings (SSSR count). The minimum Gasteiger partial charge on any atom is -0.270 e. The first kappa shape index (κ1) is 9.74. The van der Waals surface area contributed by atoms with Gasteiger partial charge in [-0.3, -0.25) is 4.18 Å². The molecule has 0 amide bonds.